The van der Waals surface area contributed by atoms with Gasteiger partial charge in [-0.15, -0.1) is 0 Å². The number of hydrogen-bond donors (Lipinski definition) is 0. The maximum atomic E-state index is 11.3. The van der Waals surface area contributed by atoms with E-state index < -0.39 is 5.54 Å². The first-order chi connectivity index (χ1) is 5.73. The second kappa shape index (κ2) is 2.33. The number of ether oxygens (including phenoxy) is 1. The number of nitrogens with zero attached hydrogens (tertiary/aromatic N) is 2. The average Bonchev–Trinajstić information content (AvgIpc) is 2.62. The lowest BCUT2D eigenvalue weighted by atomic mass is 10.0. The smallest absolute Gasteiger partial charge is 0.333 e. The van der Waals surface area contributed by atoms with Crippen LogP contribution in [-0.4, -0.2) is 22.4 Å². The molecule has 0 aromatic carbocycles. The molecule has 1 saturated heterocycles. The summed E-state index contributed by atoms with van der Waals surface area (Å²) in [5, 5.41) is 4.04. The Kier molecular flexibility index (Phi) is 1.43. The van der Waals surface area contributed by atoms with Crippen LogP contribution in [0.5, 0.6) is 0 Å². The Morgan fingerprint density at radius 3 is 3.08 bits per heavy atom. The summed E-state index contributed by atoms with van der Waals surface area (Å²) in [5.41, 5.74) is -0.580. The highest BCUT2D eigenvalue weighted by molar-refractivity contribution is 5.79. The first kappa shape index (κ1) is 7.34. The predicted molar refractivity (Wildman–Crippen MR) is 41.5 cm³/mol. The van der Waals surface area contributed by atoms with Gasteiger partial charge in [-0.05, 0) is 13.0 Å². The predicted octanol–water partition coefficient (Wildman–Crippen LogP) is 0.545. The Hall–Kier alpha value is -1.32. The van der Waals surface area contributed by atoms with E-state index in [-0.39, 0.29) is 5.97 Å². The molecule has 1 aliphatic heterocycles. The molecule has 1 aromatic heterocycles. The lowest BCUT2D eigenvalue weighted by Gasteiger charge is -2.18. The molecule has 4 heteroatoms. The molecule has 1 atom stereocenters. The molecule has 4 nitrogen and oxygen atoms in total. The van der Waals surface area contributed by atoms with Crippen molar-refractivity contribution in [2.45, 2.75) is 18.9 Å². The van der Waals surface area contributed by atoms with Crippen molar-refractivity contribution in [1.29, 1.82) is 0 Å². The number of hydrogen-bond acceptors (Lipinski definition) is 3. The summed E-state index contributed by atoms with van der Waals surface area (Å²) in [6.07, 6.45) is 4.15. The van der Waals surface area contributed by atoms with E-state index >= 15 is 0 Å². The van der Waals surface area contributed by atoms with Gasteiger partial charge in [-0.25, -0.2) is 4.79 Å². The number of carbonyl (C=O) groups excluding carboxylic acids is 1. The van der Waals surface area contributed by atoms with Crippen LogP contribution in [-0.2, 0) is 15.1 Å². The average molecular weight is 166 g/mol. The summed E-state index contributed by atoms with van der Waals surface area (Å²) in [5.74, 6) is -0.189. The van der Waals surface area contributed by atoms with Crippen molar-refractivity contribution in [2.75, 3.05) is 6.61 Å². The molecular weight excluding hydrogens is 156 g/mol. The molecule has 1 aliphatic rings. The van der Waals surface area contributed by atoms with Gasteiger partial charge < -0.3 is 4.74 Å². The van der Waals surface area contributed by atoms with Crippen molar-refractivity contribution in [1.82, 2.24) is 9.78 Å². The molecular formula is C8H10N2O2. The molecule has 0 aliphatic carbocycles. The molecule has 0 amide bonds. The number of aromatic nitrogens is 2. The minimum atomic E-state index is -0.580. The van der Waals surface area contributed by atoms with Crippen molar-refractivity contribution in [3.8, 4) is 0 Å². The van der Waals surface area contributed by atoms with Crippen LogP contribution < -0.4 is 0 Å². The summed E-state index contributed by atoms with van der Waals surface area (Å²) in [6.45, 7) is 2.34. The van der Waals surface area contributed by atoms with E-state index in [2.05, 4.69) is 5.10 Å². The van der Waals surface area contributed by atoms with Gasteiger partial charge in [0, 0.05) is 18.8 Å². The van der Waals surface area contributed by atoms with Crippen LogP contribution in [0.25, 0.3) is 0 Å². The topological polar surface area (TPSA) is 44.1 Å². The first-order valence-electron chi connectivity index (χ1n) is 3.91. The van der Waals surface area contributed by atoms with E-state index in [1.165, 1.54) is 0 Å². The number of cyclic esters (lactones) is 1. The minimum Gasteiger partial charge on any atom is -0.464 e. The molecule has 0 N–H and O–H groups in total. The standard InChI is InChI=1S/C8H10N2O2/c1-8(3-6-12-7(8)11)10-5-2-4-9-10/h2,4-5H,3,6H2,1H3. The van der Waals surface area contributed by atoms with Gasteiger partial charge in [-0.3, -0.25) is 4.68 Å². The minimum absolute atomic E-state index is 0.189. The number of carbonyl (C=O) groups is 1. The molecule has 0 spiro atoms. The molecule has 2 heterocycles. The van der Waals surface area contributed by atoms with Crippen LogP contribution in [0.1, 0.15) is 13.3 Å². The molecule has 64 valence electrons. The highest BCUT2D eigenvalue weighted by atomic mass is 16.5. The lowest BCUT2D eigenvalue weighted by Crippen LogP contribution is -2.35. The molecule has 1 unspecified atom stereocenters. The van der Waals surface area contributed by atoms with Crippen LogP contribution in [0.2, 0.25) is 0 Å². The zero-order valence-corrected chi connectivity index (χ0v) is 6.86. The summed E-state index contributed by atoms with van der Waals surface area (Å²) in [6, 6.07) is 1.80. The van der Waals surface area contributed by atoms with Gasteiger partial charge in [0.05, 0.1) is 6.61 Å². The summed E-state index contributed by atoms with van der Waals surface area (Å²) in [7, 11) is 0. The van der Waals surface area contributed by atoms with Crippen LogP contribution in [0, 0.1) is 0 Å². The lowest BCUT2D eigenvalue weighted by molar-refractivity contribution is -0.145. The van der Waals surface area contributed by atoms with Crippen molar-refractivity contribution in [3.05, 3.63) is 18.5 Å². The second-order valence-electron chi connectivity index (χ2n) is 3.11. The van der Waals surface area contributed by atoms with Crippen LogP contribution in [0.4, 0.5) is 0 Å². The van der Waals surface area contributed by atoms with E-state index in [0.29, 0.717) is 13.0 Å². The van der Waals surface area contributed by atoms with E-state index in [9.17, 15) is 4.79 Å². The molecule has 1 fully saturated rings. The quantitative estimate of drug-likeness (QED) is 0.572. The van der Waals surface area contributed by atoms with E-state index in [1.807, 2.05) is 6.92 Å². The first-order valence-corrected chi connectivity index (χ1v) is 3.91. The Balaban J connectivity index is 2.38. The van der Waals surface area contributed by atoms with Gasteiger partial charge in [0.25, 0.3) is 0 Å². The third kappa shape index (κ3) is 0.841. The van der Waals surface area contributed by atoms with E-state index in [4.69, 9.17) is 4.74 Å². The third-order valence-corrected chi connectivity index (χ3v) is 2.27. The second-order valence-corrected chi connectivity index (χ2v) is 3.11. The highest BCUT2D eigenvalue weighted by Gasteiger charge is 2.42. The normalized spacial score (nSPS) is 28.9. The van der Waals surface area contributed by atoms with Crippen molar-refractivity contribution >= 4 is 5.97 Å². The van der Waals surface area contributed by atoms with Gasteiger partial charge in [0.1, 0.15) is 0 Å². The Morgan fingerprint density at radius 2 is 2.58 bits per heavy atom. The zero-order valence-electron chi connectivity index (χ0n) is 6.86. The molecule has 0 bridgehead atoms. The van der Waals surface area contributed by atoms with Gasteiger partial charge in [-0.1, -0.05) is 0 Å². The molecule has 1 aromatic rings. The maximum Gasteiger partial charge on any atom is 0.333 e. The number of esters is 1. The Morgan fingerprint density at radius 1 is 1.75 bits per heavy atom. The van der Waals surface area contributed by atoms with Gasteiger partial charge in [0.15, 0.2) is 5.54 Å². The summed E-state index contributed by atoms with van der Waals surface area (Å²) >= 11 is 0. The van der Waals surface area contributed by atoms with Gasteiger partial charge in [-0.2, -0.15) is 5.10 Å². The van der Waals surface area contributed by atoms with E-state index in [1.54, 1.807) is 23.1 Å². The fourth-order valence-corrected chi connectivity index (χ4v) is 1.37. The maximum absolute atomic E-state index is 11.3. The summed E-state index contributed by atoms with van der Waals surface area (Å²) < 4.78 is 6.55. The monoisotopic (exact) mass is 166 g/mol. The van der Waals surface area contributed by atoms with Crippen molar-refractivity contribution in [3.63, 3.8) is 0 Å². The SMILES string of the molecule is CC1(n2cccn2)CCOC1=O. The fourth-order valence-electron chi connectivity index (χ4n) is 1.37. The van der Waals surface area contributed by atoms with E-state index in [0.717, 1.165) is 0 Å². The molecule has 0 saturated carbocycles. The molecule has 0 radical (unpaired) electrons. The largest absolute Gasteiger partial charge is 0.464 e. The van der Waals surface area contributed by atoms with Gasteiger partial charge in [0.2, 0.25) is 0 Å². The van der Waals surface area contributed by atoms with Crippen molar-refractivity contribution in [2.24, 2.45) is 0 Å². The number of rotatable bonds is 1. The Labute approximate surface area is 70.1 Å². The molecule has 2 rings (SSSR count). The zero-order chi connectivity index (χ0) is 8.60. The summed E-state index contributed by atoms with van der Waals surface area (Å²) in [4.78, 5) is 11.3. The van der Waals surface area contributed by atoms with Gasteiger partial charge >= 0.3 is 5.97 Å². The molecule has 12 heavy (non-hydrogen) atoms. The van der Waals surface area contributed by atoms with Crippen LogP contribution in [0.3, 0.4) is 0 Å². The highest BCUT2D eigenvalue weighted by Crippen LogP contribution is 2.26. The van der Waals surface area contributed by atoms with Crippen molar-refractivity contribution < 1.29 is 9.53 Å². The third-order valence-electron chi connectivity index (χ3n) is 2.27. The van der Waals surface area contributed by atoms with Crippen LogP contribution in [0.15, 0.2) is 18.5 Å². The van der Waals surface area contributed by atoms with Crippen LogP contribution >= 0.6 is 0 Å². The Bertz CT molecular complexity index is 294. The fraction of sp³-hybridized carbons (Fsp3) is 0.500.